The van der Waals surface area contributed by atoms with E-state index in [9.17, 15) is 37.5 Å². The second-order valence-electron chi connectivity index (χ2n) is 10.1. The van der Waals surface area contributed by atoms with Crippen LogP contribution in [0.15, 0.2) is 33.0 Å². The Morgan fingerprint density at radius 1 is 1.26 bits per heavy atom. The number of oxime groups is 1. The summed E-state index contributed by atoms with van der Waals surface area (Å²) >= 11 is 2.07. The Labute approximate surface area is 245 Å². The maximum absolute atomic E-state index is 13.6. The van der Waals surface area contributed by atoms with Crippen molar-refractivity contribution in [2.75, 3.05) is 18.0 Å². The van der Waals surface area contributed by atoms with Crippen LogP contribution in [0.5, 0.6) is 0 Å². The SMILES string of the molecule is Nc1nc(C(=NOC2CCCC2)C(=O)N[C@@H]2C(=O)N3C(C(=O)O)=C(C(CC(F)(F)F)=C4CCCNC4=O)CS[C@H]23)cs1. The fourth-order valence-corrected chi connectivity index (χ4v) is 7.28. The first kappa shape index (κ1) is 29.9. The summed E-state index contributed by atoms with van der Waals surface area (Å²) in [5.41, 5.74) is 4.19. The lowest BCUT2D eigenvalue weighted by molar-refractivity contribution is -0.150. The zero-order chi connectivity index (χ0) is 30.2. The molecule has 1 aromatic heterocycles. The number of aliphatic carboxylic acids is 1. The zero-order valence-electron chi connectivity index (χ0n) is 22.0. The van der Waals surface area contributed by atoms with Crippen molar-refractivity contribution in [3.05, 3.63) is 33.5 Å². The number of hydrogen-bond acceptors (Lipinski definition) is 10. The Bertz CT molecular complexity index is 1400. The molecular formula is C25H27F3N6O6S2. The number of nitrogens with two attached hydrogens (primary N) is 1. The number of nitrogens with zero attached hydrogens (tertiary/aromatic N) is 3. The number of aromatic nitrogens is 1. The normalized spacial score (nSPS) is 24.6. The van der Waals surface area contributed by atoms with E-state index in [1.165, 1.54) is 5.38 Å². The Morgan fingerprint density at radius 2 is 2.00 bits per heavy atom. The molecule has 42 heavy (non-hydrogen) atoms. The molecule has 17 heteroatoms. The number of nitrogens with one attached hydrogen (secondary N) is 2. The number of rotatable bonds is 8. The summed E-state index contributed by atoms with van der Waals surface area (Å²) in [4.78, 5) is 61.9. The van der Waals surface area contributed by atoms with Crippen molar-refractivity contribution in [1.82, 2.24) is 20.5 Å². The third-order valence-electron chi connectivity index (χ3n) is 7.30. The molecule has 0 radical (unpaired) electrons. The third kappa shape index (κ3) is 6.11. The molecule has 5 N–H and O–H groups in total. The summed E-state index contributed by atoms with van der Waals surface area (Å²) in [6.45, 7) is 0.291. The van der Waals surface area contributed by atoms with Gasteiger partial charge >= 0.3 is 12.1 Å². The van der Waals surface area contributed by atoms with E-state index in [1.807, 2.05) is 0 Å². The largest absolute Gasteiger partial charge is 0.477 e. The van der Waals surface area contributed by atoms with Gasteiger partial charge in [0.15, 0.2) is 10.8 Å². The highest BCUT2D eigenvalue weighted by Crippen LogP contribution is 2.45. The maximum atomic E-state index is 13.6. The molecule has 0 unspecified atom stereocenters. The van der Waals surface area contributed by atoms with Gasteiger partial charge in [-0.2, -0.15) is 13.2 Å². The van der Waals surface area contributed by atoms with Crippen molar-refractivity contribution < 1.29 is 42.3 Å². The average molecular weight is 629 g/mol. The zero-order valence-corrected chi connectivity index (χ0v) is 23.7. The minimum atomic E-state index is -4.73. The quantitative estimate of drug-likeness (QED) is 0.146. The van der Waals surface area contributed by atoms with Crippen LogP contribution in [0.25, 0.3) is 0 Å². The lowest BCUT2D eigenvalue weighted by Crippen LogP contribution is -2.71. The number of thioether (sulfide) groups is 1. The van der Waals surface area contributed by atoms with E-state index in [2.05, 4.69) is 20.8 Å². The molecule has 0 spiro atoms. The minimum absolute atomic E-state index is 0.0422. The van der Waals surface area contributed by atoms with E-state index >= 15 is 0 Å². The lowest BCUT2D eigenvalue weighted by atomic mass is 9.89. The highest BCUT2D eigenvalue weighted by Gasteiger charge is 2.55. The van der Waals surface area contributed by atoms with Crippen LogP contribution in [0.4, 0.5) is 18.3 Å². The highest BCUT2D eigenvalue weighted by molar-refractivity contribution is 8.00. The summed E-state index contributed by atoms with van der Waals surface area (Å²) in [5, 5.41) is 19.9. The molecule has 12 nitrogen and oxygen atoms in total. The van der Waals surface area contributed by atoms with E-state index in [-0.39, 0.29) is 46.0 Å². The standard InChI is InChI=1S/C25H27F3N6O6S2/c26-25(27,28)8-13(12-6-3-7-30-19(12)35)14-9-41-22-17(21(37)34(22)18(14)23(38)39)32-20(36)16(15-10-42-24(29)31-15)33-40-11-4-1-2-5-11/h10-11,17,22H,1-9H2,(H2,29,31)(H,30,35)(H,32,36)(H,38,39)/t17-,22-/m1/s1. The number of β-lactam (4-membered cyclic amide) rings is 1. The number of fused-ring (bicyclic) bond motifs is 1. The smallest absolute Gasteiger partial charge is 0.393 e. The highest BCUT2D eigenvalue weighted by atomic mass is 32.2. The van der Waals surface area contributed by atoms with Crippen LogP contribution < -0.4 is 16.4 Å². The lowest BCUT2D eigenvalue weighted by Gasteiger charge is -2.49. The molecule has 226 valence electrons. The van der Waals surface area contributed by atoms with E-state index < -0.39 is 59.0 Å². The van der Waals surface area contributed by atoms with Gasteiger partial charge in [-0.05, 0) is 49.7 Å². The summed E-state index contributed by atoms with van der Waals surface area (Å²) < 4.78 is 40.8. The van der Waals surface area contributed by atoms with Gasteiger partial charge in [0.05, 0.1) is 6.42 Å². The number of carboxylic acid groups (broad SMARTS) is 1. The number of carbonyl (C=O) groups is 4. The monoisotopic (exact) mass is 628 g/mol. The second kappa shape index (κ2) is 11.9. The van der Waals surface area contributed by atoms with Crippen molar-refractivity contribution >= 4 is 57.6 Å². The minimum Gasteiger partial charge on any atom is -0.477 e. The number of carbonyl (C=O) groups excluding carboxylic acids is 3. The van der Waals surface area contributed by atoms with Crippen LogP contribution in [-0.4, -0.2) is 80.4 Å². The van der Waals surface area contributed by atoms with Gasteiger partial charge in [-0.25, -0.2) is 9.78 Å². The molecule has 5 rings (SSSR count). The number of anilines is 1. The molecule has 4 heterocycles. The van der Waals surface area contributed by atoms with Crippen molar-refractivity contribution in [3.63, 3.8) is 0 Å². The number of hydrogen-bond donors (Lipinski definition) is 4. The Hall–Kier alpha value is -3.60. The van der Waals surface area contributed by atoms with Crippen LogP contribution in [0.2, 0.25) is 0 Å². The second-order valence-corrected chi connectivity index (χ2v) is 12.1. The molecule has 1 aliphatic carbocycles. The van der Waals surface area contributed by atoms with Gasteiger partial charge in [-0.1, -0.05) is 5.16 Å². The fraction of sp³-hybridized carbons (Fsp3) is 0.520. The maximum Gasteiger partial charge on any atom is 0.393 e. The first-order chi connectivity index (χ1) is 19.9. The first-order valence-electron chi connectivity index (χ1n) is 13.2. The Kier molecular flexibility index (Phi) is 8.50. The predicted molar refractivity (Wildman–Crippen MR) is 146 cm³/mol. The Balaban J connectivity index is 1.42. The van der Waals surface area contributed by atoms with Crippen LogP contribution in [0, 0.1) is 0 Å². The fourth-order valence-electron chi connectivity index (χ4n) is 5.35. The summed E-state index contributed by atoms with van der Waals surface area (Å²) in [5.74, 6) is -4.16. The third-order valence-corrected chi connectivity index (χ3v) is 9.26. The number of allylic oxidation sites excluding steroid dienone is 1. The Morgan fingerprint density at radius 3 is 2.62 bits per heavy atom. The number of carboxylic acids is 1. The number of nitrogen functional groups attached to an aromatic ring is 1. The molecular weight excluding hydrogens is 601 g/mol. The molecule has 4 aliphatic rings. The van der Waals surface area contributed by atoms with Gasteiger partial charge in [0, 0.05) is 23.3 Å². The topological polar surface area (TPSA) is 176 Å². The number of piperidine rings is 1. The van der Waals surface area contributed by atoms with E-state index in [1.54, 1.807) is 0 Å². The predicted octanol–water partition coefficient (Wildman–Crippen LogP) is 2.29. The number of halogens is 3. The molecule has 3 amide bonds. The molecule has 3 fully saturated rings. The van der Waals surface area contributed by atoms with Crippen molar-refractivity contribution in [2.24, 2.45) is 5.16 Å². The van der Waals surface area contributed by atoms with Crippen molar-refractivity contribution in [2.45, 2.75) is 68.6 Å². The van der Waals surface area contributed by atoms with E-state index in [4.69, 9.17) is 10.6 Å². The van der Waals surface area contributed by atoms with Crippen LogP contribution in [0.3, 0.4) is 0 Å². The number of amides is 3. The van der Waals surface area contributed by atoms with Gasteiger partial charge in [-0.3, -0.25) is 19.3 Å². The molecule has 1 saturated carbocycles. The molecule has 3 aliphatic heterocycles. The summed E-state index contributed by atoms with van der Waals surface area (Å²) in [7, 11) is 0. The number of alkyl halides is 3. The summed E-state index contributed by atoms with van der Waals surface area (Å²) in [6.07, 6.45) is -2.53. The van der Waals surface area contributed by atoms with Crippen LogP contribution in [0.1, 0.15) is 50.6 Å². The van der Waals surface area contributed by atoms with Gasteiger partial charge in [0.1, 0.15) is 28.9 Å². The van der Waals surface area contributed by atoms with E-state index in [0.29, 0.717) is 13.0 Å². The van der Waals surface area contributed by atoms with Crippen molar-refractivity contribution in [1.29, 1.82) is 0 Å². The van der Waals surface area contributed by atoms with Gasteiger partial charge < -0.3 is 26.3 Å². The molecule has 2 saturated heterocycles. The van der Waals surface area contributed by atoms with Gasteiger partial charge in [0.2, 0.25) is 5.91 Å². The molecule has 0 bridgehead atoms. The van der Waals surface area contributed by atoms with Gasteiger partial charge in [-0.15, -0.1) is 23.1 Å². The van der Waals surface area contributed by atoms with Gasteiger partial charge in [0.25, 0.3) is 11.8 Å². The molecule has 1 aromatic rings. The summed E-state index contributed by atoms with van der Waals surface area (Å²) in [6, 6.07) is -1.19. The van der Waals surface area contributed by atoms with E-state index in [0.717, 1.165) is 53.7 Å². The molecule has 2 atom stereocenters. The molecule has 0 aromatic carbocycles. The van der Waals surface area contributed by atoms with Crippen molar-refractivity contribution in [3.8, 4) is 0 Å². The average Bonchev–Trinajstić information content (AvgIpc) is 3.61. The number of thiazole rings is 1. The van der Waals surface area contributed by atoms with Crippen LogP contribution in [-0.2, 0) is 24.0 Å². The first-order valence-corrected chi connectivity index (χ1v) is 15.1. The van der Waals surface area contributed by atoms with Crippen LogP contribution >= 0.6 is 23.1 Å².